The lowest BCUT2D eigenvalue weighted by molar-refractivity contribution is -0.386. The highest BCUT2D eigenvalue weighted by atomic mass is 19.1. The molecule has 3 rings (SSSR count). The zero-order valence-electron chi connectivity index (χ0n) is 13.5. The minimum absolute atomic E-state index is 0.298. The van der Waals surface area contributed by atoms with E-state index in [0.29, 0.717) is 11.1 Å². The molecule has 0 aliphatic heterocycles. The average Bonchev–Trinajstić information content (AvgIpc) is 2.67. The van der Waals surface area contributed by atoms with Crippen molar-refractivity contribution in [1.29, 1.82) is 0 Å². The second kappa shape index (κ2) is 7.57. The van der Waals surface area contributed by atoms with Crippen LogP contribution in [-0.4, -0.2) is 10.7 Å². The minimum Gasteiger partial charge on any atom is -0.470 e. The molecule has 0 aliphatic carbocycles. The first-order valence-corrected chi connectivity index (χ1v) is 7.81. The van der Waals surface area contributed by atoms with E-state index in [1.807, 2.05) is 0 Å². The number of ether oxygens (including phenoxy) is 1. The first-order valence-electron chi connectivity index (χ1n) is 7.81. The van der Waals surface area contributed by atoms with E-state index in [0.717, 1.165) is 18.2 Å². The molecule has 26 heavy (non-hydrogen) atoms. The fourth-order valence-corrected chi connectivity index (χ4v) is 2.51. The lowest BCUT2D eigenvalue weighted by atomic mass is 10.00. The molecule has 5 nitrogen and oxygen atoms in total. The van der Waals surface area contributed by atoms with Crippen LogP contribution in [0.1, 0.15) is 22.0 Å². The number of benzene rings is 3. The number of nitrogens with zero attached hydrogens (tertiary/aromatic N) is 1. The highest BCUT2D eigenvalue weighted by molar-refractivity contribution is 6.00. The summed E-state index contributed by atoms with van der Waals surface area (Å²) < 4.78 is 19.3. The maximum atomic E-state index is 13.6. The predicted molar refractivity (Wildman–Crippen MR) is 93.6 cm³/mol. The number of hydrogen-bond acceptors (Lipinski definition) is 4. The molecule has 0 amide bonds. The zero-order valence-corrected chi connectivity index (χ0v) is 13.5. The summed E-state index contributed by atoms with van der Waals surface area (Å²) in [5, 5.41) is 11.2. The Hall–Kier alpha value is -3.54. The van der Waals surface area contributed by atoms with Crippen LogP contribution in [0.5, 0.6) is 5.75 Å². The first kappa shape index (κ1) is 17.3. The van der Waals surface area contributed by atoms with E-state index in [1.165, 1.54) is 0 Å². The predicted octanol–water partition coefficient (Wildman–Crippen LogP) is 4.74. The van der Waals surface area contributed by atoms with Crippen LogP contribution in [0.4, 0.5) is 10.1 Å². The molecule has 0 heterocycles. The van der Waals surface area contributed by atoms with Crippen LogP contribution < -0.4 is 4.74 Å². The quantitative estimate of drug-likeness (QED) is 0.365. The van der Waals surface area contributed by atoms with E-state index >= 15 is 0 Å². The molecule has 0 radical (unpaired) electrons. The van der Waals surface area contributed by atoms with Gasteiger partial charge in [0.05, 0.1) is 4.92 Å². The Bertz CT molecular complexity index is 929. The van der Waals surface area contributed by atoms with E-state index in [1.54, 1.807) is 60.7 Å². The summed E-state index contributed by atoms with van der Waals surface area (Å²) in [6.07, 6.45) is -1.14. The van der Waals surface area contributed by atoms with Gasteiger partial charge in [-0.3, -0.25) is 14.9 Å². The van der Waals surface area contributed by atoms with Gasteiger partial charge in [-0.1, -0.05) is 60.7 Å². The Labute approximate surface area is 148 Å². The molecule has 0 saturated heterocycles. The molecule has 0 fully saturated rings. The largest absolute Gasteiger partial charge is 0.470 e. The third-order valence-electron chi connectivity index (χ3n) is 3.76. The third kappa shape index (κ3) is 3.75. The van der Waals surface area contributed by atoms with E-state index in [9.17, 15) is 19.3 Å². The van der Waals surface area contributed by atoms with E-state index < -0.39 is 22.5 Å². The number of Topliss-reactive ketones (excluding diaryl/α,β-unsaturated/α-hetero) is 1. The standard InChI is InChI=1S/C20H14FNO4/c21-16-11-12-17(22(24)25)18(13-16)26-20(15-9-5-2-6-10-15)19(23)14-7-3-1-4-8-14/h1-13,20H/t20-/m1/s1. The number of rotatable bonds is 6. The van der Waals surface area contributed by atoms with Crippen LogP contribution in [0, 0.1) is 15.9 Å². The molecule has 3 aromatic carbocycles. The summed E-state index contributed by atoms with van der Waals surface area (Å²) in [6.45, 7) is 0. The molecule has 0 N–H and O–H groups in total. The maximum Gasteiger partial charge on any atom is 0.311 e. The summed E-state index contributed by atoms with van der Waals surface area (Å²) in [5.41, 5.74) is 0.494. The summed E-state index contributed by atoms with van der Waals surface area (Å²) in [6, 6.07) is 19.9. The maximum absolute atomic E-state index is 13.6. The van der Waals surface area contributed by atoms with Crippen LogP contribution in [-0.2, 0) is 0 Å². The number of ketones is 1. The van der Waals surface area contributed by atoms with Crippen molar-refractivity contribution in [3.63, 3.8) is 0 Å². The van der Waals surface area contributed by atoms with Gasteiger partial charge in [0.25, 0.3) is 0 Å². The first-order chi connectivity index (χ1) is 12.6. The summed E-state index contributed by atoms with van der Waals surface area (Å²) in [7, 11) is 0. The van der Waals surface area contributed by atoms with Gasteiger partial charge < -0.3 is 4.74 Å². The minimum atomic E-state index is -1.14. The third-order valence-corrected chi connectivity index (χ3v) is 3.76. The van der Waals surface area contributed by atoms with Crippen LogP contribution in [0.3, 0.4) is 0 Å². The van der Waals surface area contributed by atoms with Gasteiger partial charge in [0, 0.05) is 23.3 Å². The van der Waals surface area contributed by atoms with Gasteiger partial charge in [-0.2, -0.15) is 0 Å². The highest BCUT2D eigenvalue weighted by Gasteiger charge is 2.27. The Morgan fingerprint density at radius 2 is 1.58 bits per heavy atom. The monoisotopic (exact) mass is 351 g/mol. The van der Waals surface area contributed by atoms with Crippen molar-refractivity contribution in [1.82, 2.24) is 0 Å². The summed E-state index contributed by atoms with van der Waals surface area (Å²) >= 11 is 0. The lowest BCUT2D eigenvalue weighted by Crippen LogP contribution is -2.19. The van der Waals surface area contributed by atoms with Crippen LogP contribution in [0.15, 0.2) is 78.9 Å². The normalized spacial score (nSPS) is 11.6. The Kier molecular flexibility index (Phi) is 5.03. The molecule has 0 aliphatic rings. The number of nitro benzene ring substituents is 1. The van der Waals surface area contributed by atoms with Crippen molar-refractivity contribution < 1.29 is 18.8 Å². The molecule has 0 saturated carbocycles. The van der Waals surface area contributed by atoms with Gasteiger partial charge in [0.2, 0.25) is 11.5 Å². The van der Waals surface area contributed by atoms with Gasteiger partial charge in [-0.15, -0.1) is 0 Å². The fraction of sp³-hybridized carbons (Fsp3) is 0.0500. The average molecular weight is 351 g/mol. The lowest BCUT2D eigenvalue weighted by Gasteiger charge is -2.18. The number of carbonyl (C=O) groups is 1. The molecular weight excluding hydrogens is 337 g/mol. The van der Waals surface area contributed by atoms with Gasteiger partial charge in [0.1, 0.15) is 5.82 Å². The Morgan fingerprint density at radius 1 is 0.962 bits per heavy atom. The van der Waals surface area contributed by atoms with Crippen molar-refractivity contribution in [2.45, 2.75) is 6.10 Å². The number of halogens is 1. The molecule has 0 spiro atoms. The van der Waals surface area contributed by atoms with Gasteiger partial charge in [-0.05, 0) is 6.07 Å². The second-order valence-corrected chi connectivity index (χ2v) is 5.51. The van der Waals surface area contributed by atoms with E-state index in [2.05, 4.69) is 0 Å². The Morgan fingerprint density at radius 3 is 2.19 bits per heavy atom. The van der Waals surface area contributed by atoms with Gasteiger partial charge in [0.15, 0.2) is 6.10 Å². The van der Waals surface area contributed by atoms with E-state index in [4.69, 9.17) is 4.74 Å². The smallest absolute Gasteiger partial charge is 0.311 e. The van der Waals surface area contributed by atoms with Crippen molar-refractivity contribution in [2.75, 3.05) is 0 Å². The van der Waals surface area contributed by atoms with Crippen molar-refractivity contribution >= 4 is 11.5 Å². The SMILES string of the molecule is O=C(c1ccccc1)[C@H](Oc1cc(F)ccc1[N+](=O)[O-])c1ccccc1. The molecule has 0 bridgehead atoms. The Balaban J connectivity index is 2.04. The summed E-state index contributed by atoms with van der Waals surface area (Å²) in [5.74, 6) is -1.37. The van der Waals surface area contributed by atoms with Crippen LogP contribution in [0.2, 0.25) is 0 Å². The highest BCUT2D eigenvalue weighted by Crippen LogP contribution is 2.33. The van der Waals surface area contributed by atoms with Gasteiger partial charge in [-0.25, -0.2) is 4.39 Å². The second-order valence-electron chi connectivity index (χ2n) is 5.51. The fourth-order valence-electron chi connectivity index (χ4n) is 2.51. The summed E-state index contributed by atoms with van der Waals surface area (Å²) in [4.78, 5) is 23.5. The number of nitro groups is 1. The van der Waals surface area contributed by atoms with Crippen molar-refractivity contribution in [2.24, 2.45) is 0 Å². The molecule has 6 heteroatoms. The molecule has 1 atom stereocenters. The topological polar surface area (TPSA) is 69.4 Å². The van der Waals surface area contributed by atoms with E-state index in [-0.39, 0.29) is 11.5 Å². The molecule has 130 valence electrons. The van der Waals surface area contributed by atoms with Crippen LogP contribution in [0.25, 0.3) is 0 Å². The molecular formula is C20H14FNO4. The molecule has 0 aromatic heterocycles. The molecule has 0 unspecified atom stereocenters. The number of carbonyl (C=O) groups excluding carboxylic acids is 1. The van der Waals surface area contributed by atoms with Gasteiger partial charge >= 0.3 is 5.69 Å². The van der Waals surface area contributed by atoms with Crippen molar-refractivity contribution in [3.05, 3.63) is 106 Å². The molecule has 3 aromatic rings. The zero-order chi connectivity index (χ0) is 18.5. The van der Waals surface area contributed by atoms with Crippen LogP contribution >= 0.6 is 0 Å². The van der Waals surface area contributed by atoms with Crippen molar-refractivity contribution in [3.8, 4) is 5.75 Å². The number of hydrogen-bond donors (Lipinski definition) is 0.